The van der Waals surface area contributed by atoms with Crippen LogP contribution in [0.15, 0.2) is 31.2 Å². The van der Waals surface area contributed by atoms with Crippen LogP contribution in [0.5, 0.6) is 0 Å². The Morgan fingerprint density at radius 2 is 2.22 bits per heavy atom. The minimum Gasteiger partial charge on any atom is -0.549 e. The number of halogens is 1. The number of carbonyl (C=O) groups is 2. The van der Waals surface area contributed by atoms with Gasteiger partial charge in [0.2, 0.25) is 0 Å². The van der Waals surface area contributed by atoms with Gasteiger partial charge >= 0.3 is 0 Å². The molecule has 2 rings (SSSR count). The van der Waals surface area contributed by atoms with E-state index in [0.29, 0.717) is 4.67 Å². The zero-order chi connectivity index (χ0) is 17.1. The fourth-order valence-corrected chi connectivity index (χ4v) is 2.51. The number of carbonyl (C=O) groups excluding carboxylic acids is 2. The zero-order valence-electron chi connectivity index (χ0n) is 11.6. The number of nitrogens with one attached hydrogen (secondary N) is 2. The first-order valence-electron chi connectivity index (χ1n) is 6.12. The second kappa shape index (κ2) is 6.87. The summed E-state index contributed by atoms with van der Waals surface area (Å²) in [6, 6.07) is 2.92. The summed E-state index contributed by atoms with van der Waals surface area (Å²) in [7, 11) is 0. The second-order valence-electron chi connectivity index (χ2n) is 4.27. The van der Waals surface area contributed by atoms with Crippen LogP contribution in [0.1, 0.15) is 17.5 Å². The van der Waals surface area contributed by atoms with E-state index in [1.807, 2.05) is 0 Å². The molecule has 0 saturated carbocycles. The van der Waals surface area contributed by atoms with Crippen molar-refractivity contribution in [2.75, 3.05) is 11.1 Å². The number of furan rings is 1. The van der Waals surface area contributed by atoms with Crippen molar-refractivity contribution in [3.05, 3.63) is 32.9 Å². The molecule has 122 valence electrons. The summed E-state index contributed by atoms with van der Waals surface area (Å²) in [6.45, 7) is 1.38. The molecule has 0 aliphatic heterocycles. The molecule has 0 fully saturated rings. The molecule has 2 aromatic rings. The highest BCUT2D eigenvalue weighted by Gasteiger charge is 2.17. The first-order chi connectivity index (χ1) is 10.8. The molecule has 4 N–H and O–H groups in total. The van der Waals surface area contributed by atoms with Gasteiger partial charge in [0.25, 0.3) is 11.5 Å². The number of carboxylic acids is 1. The fourth-order valence-electron chi connectivity index (χ4n) is 1.47. The Balaban J connectivity index is 2.22. The summed E-state index contributed by atoms with van der Waals surface area (Å²) in [4.78, 5) is 40.8. The molecule has 23 heavy (non-hydrogen) atoms. The van der Waals surface area contributed by atoms with E-state index >= 15 is 0 Å². The van der Waals surface area contributed by atoms with E-state index in [2.05, 4.69) is 31.2 Å². The molecule has 1 amide bonds. The number of thioether (sulfide) groups is 1. The van der Waals surface area contributed by atoms with E-state index in [1.165, 1.54) is 19.1 Å². The van der Waals surface area contributed by atoms with Gasteiger partial charge in [-0.25, -0.2) is 4.98 Å². The number of nitrogens with zero attached hydrogens (tertiary/aromatic N) is 1. The topological polar surface area (TPSA) is 154 Å². The SMILES string of the molecule is C[C@@H](Sc1nc(N)c(NC(=O)c2ccc(Br)o2)c(=O)[nH]1)C(=O)[O-]. The highest BCUT2D eigenvalue weighted by Crippen LogP contribution is 2.21. The molecule has 1 atom stereocenters. The molecule has 0 spiro atoms. The number of aromatic amines is 1. The van der Waals surface area contributed by atoms with Crippen molar-refractivity contribution in [3.63, 3.8) is 0 Å². The number of hydrogen-bond donors (Lipinski definition) is 3. The molecule has 0 bridgehead atoms. The lowest BCUT2D eigenvalue weighted by Gasteiger charge is -2.12. The van der Waals surface area contributed by atoms with Crippen molar-refractivity contribution < 1.29 is 19.1 Å². The van der Waals surface area contributed by atoms with E-state index in [9.17, 15) is 19.5 Å². The number of anilines is 2. The Morgan fingerprint density at radius 1 is 1.52 bits per heavy atom. The van der Waals surface area contributed by atoms with Crippen molar-refractivity contribution in [2.24, 2.45) is 0 Å². The monoisotopic (exact) mass is 401 g/mol. The molecule has 0 unspecified atom stereocenters. The lowest BCUT2D eigenvalue weighted by molar-refractivity contribution is -0.304. The Morgan fingerprint density at radius 3 is 2.74 bits per heavy atom. The average molecular weight is 402 g/mol. The molecule has 0 aromatic carbocycles. The number of hydrogen-bond acceptors (Lipinski definition) is 8. The van der Waals surface area contributed by atoms with Gasteiger partial charge in [-0.2, -0.15) is 0 Å². The number of carboxylic acid groups (broad SMARTS) is 1. The van der Waals surface area contributed by atoms with Crippen molar-refractivity contribution in [1.82, 2.24) is 9.97 Å². The molecule has 0 aliphatic rings. The zero-order valence-corrected chi connectivity index (χ0v) is 14.0. The van der Waals surface area contributed by atoms with Crippen molar-refractivity contribution in [2.45, 2.75) is 17.3 Å². The van der Waals surface area contributed by atoms with Gasteiger partial charge in [-0.05, 0) is 35.0 Å². The number of nitrogens with two attached hydrogens (primary N) is 1. The summed E-state index contributed by atoms with van der Waals surface area (Å²) >= 11 is 3.81. The second-order valence-corrected chi connectivity index (χ2v) is 6.38. The van der Waals surface area contributed by atoms with E-state index in [1.54, 1.807) is 0 Å². The standard InChI is InChI=1S/C12H11BrN4O5S/c1-4(11(20)21)23-12-16-8(14)7(10(19)17-12)15-9(18)5-2-3-6(13)22-5/h2-4H,1H3,(H,15,18)(H,20,21)(H3,14,16,17,19)/p-1/t4-/m1/s1. The van der Waals surface area contributed by atoms with Gasteiger partial charge in [-0.1, -0.05) is 11.8 Å². The maximum atomic E-state index is 12.0. The van der Waals surface area contributed by atoms with Gasteiger partial charge < -0.3 is 25.4 Å². The molecular formula is C12H10BrN4O5S-. The minimum absolute atomic E-state index is 0.00272. The van der Waals surface area contributed by atoms with Gasteiger partial charge in [-0.15, -0.1) is 0 Å². The lowest BCUT2D eigenvalue weighted by Crippen LogP contribution is -2.31. The van der Waals surface area contributed by atoms with E-state index in [4.69, 9.17) is 10.2 Å². The molecule has 11 heteroatoms. The van der Waals surface area contributed by atoms with Gasteiger partial charge in [0.05, 0.1) is 5.97 Å². The van der Waals surface area contributed by atoms with Gasteiger partial charge in [0, 0.05) is 5.25 Å². The van der Waals surface area contributed by atoms with Crippen LogP contribution < -0.4 is 21.7 Å². The third kappa shape index (κ3) is 4.13. The Hall–Kier alpha value is -2.27. The third-order valence-corrected chi connectivity index (χ3v) is 3.97. The maximum Gasteiger partial charge on any atom is 0.291 e. The van der Waals surface area contributed by atoms with Crippen LogP contribution in [0.2, 0.25) is 0 Å². The van der Waals surface area contributed by atoms with Crippen molar-refractivity contribution in [3.8, 4) is 0 Å². The number of aliphatic carboxylic acids is 1. The van der Waals surface area contributed by atoms with Crippen molar-refractivity contribution in [1.29, 1.82) is 0 Å². The first kappa shape index (κ1) is 17.1. The van der Waals surface area contributed by atoms with Crippen LogP contribution in [0, 0.1) is 0 Å². The van der Waals surface area contributed by atoms with Crippen LogP contribution in [-0.4, -0.2) is 27.1 Å². The fraction of sp³-hybridized carbons (Fsp3) is 0.167. The Kier molecular flexibility index (Phi) is 5.11. The highest BCUT2D eigenvalue weighted by molar-refractivity contribution is 9.10. The molecule has 2 aromatic heterocycles. The van der Waals surface area contributed by atoms with Crippen LogP contribution in [0.4, 0.5) is 11.5 Å². The number of rotatable bonds is 5. The summed E-state index contributed by atoms with van der Waals surface area (Å²) < 4.78 is 5.41. The Labute approximate surface area is 141 Å². The first-order valence-corrected chi connectivity index (χ1v) is 7.79. The number of amides is 1. The number of H-pyrrole nitrogens is 1. The van der Waals surface area contributed by atoms with Gasteiger partial charge in [-0.3, -0.25) is 14.6 Å². The number of nitrogen functional groups attached to an aromatic ring is 1. The normalized spacial score (nSPS) is 11.9. The van der Waals surface area contributed by atoms with Crippen molar-refractivity contribution >= 4 is 51.1 Å². The summed E-state index contributed by atoms with van der Waals surface area (Å²) in [5.41, 5.74) is 4.67. The van der Waals surface area contributed by atoms with Crippen LogP contribution in [0.3, 0.4) is 0 Å². The maximum absolute atomic E-state index is 12.0. The smallest absolute Gasteiger partial charge is 0.291 e. The van der Waals surface area contributed by atoms with E-state index in [0.717, 1.165) is 11.8 Å². The average Bonchev–Trinajstić information content (AvgIpc) is 2.89. The predicted molar refractivity (Wildman–Crippen MR) is 84.0 cm³/mol. The minimum atomic E-state index is -1.31. The summed E-state index contributed by atoms with van der Waals surface area (Å²) in [5.74, 6) is -2.27. The Bertz CT molecular complexity index is 818. The predicted octanol–water partition coefficient (Wildman–Crippen LogP) is 0.190. The van der Waals surface area contributed by atoms with E-state index in [-0.39, 0.29) is 22.4 Å². The summed E-state index contributed by atoms with van der Waals surface area (Å²) in [5, 5.41) is 12.1. The van der Waals surface area contributed by atoms with E-state index < -0.39 is 22.7 Å². The molecule has 2 heterocycles. The molecule has 0 saturated heterocycles. The molecule has 0 aliphatic carbocycles. The van der Waals surface area contributed by atoms with Crippen LogP contribution in [0.25, 0.3) is 0 Å². The third-order valence-electron chi connectivity index (χ3n) is 2.58. The quantitative estimate of drug-likeness (QED) is 0.473. The molecular weight excluding hydrogens is 392 g/mol. The van der Waals surface area contributed by atoms with Gasteiger partial charge in [0.15, 0.2) is 27.1 Å². The molecule has 9 nitrogen and oxygen atoms in total. The van der Waals surface area contributed by atoms with Gasteiger partial charge in [0.1, 0.15) is 0 Å². The summed E-state index contributed by atoms with van der Waals surface area (Å²) in [6.07, 6.45) is 0. The lowest BCUT2D eigenvalue weighted by atomic mass is 10.4. The van der Waals surface area contributed by atoms with Crippen LogP contribution >= 0.6 is 27.7 Å². The van der Waals surface area contributed by atoms with Crippen LogP contribution in [-0.2, 0) is 4.79 Å². The number of aromatic nitrogens is 2. The largest absolute Gasteiger partial charge is 0.549 e. The highest BCUT2D eigenvalue weighted by atomic mass is 79.9. The molecule has 0 radical (unpaired) electrons.